The summed E-state index contributed by atoms with van der Waals surface area (Å²) in [5, 5.41) is 8.98. The van der Waals surface area contributed by atoms with E-state index in [0.29, 0.717) is 12.8 Å². The Morgan fingerprint density at radius 3 is 2.69 bits per heavy atom. The van der Waals surface area contributed by atoms with Crippen LogP contribution in [0.1, 0.15) is 32.6 Å². The van der Waals surface area contributed by atoms with Gasteiger partial charge in [-0.15, -0.1) is 0 Å². The molecule has 2 saturated carbocycles. The third-order valence-electron chi connectivity index (χ3n) is 4.08. The summed E-state index contributed by atoms with van der Waals surface area (Å²) in [4.78, 5) is 0. The minimum Gasteiger partial charge on any atom is -0.396 e. The van der Waals surface area contributed by atoms with Gasteiger partial charge < -0.3 is 5.11 Å². The molecule has 3 heteroatoms. The van der Waals surface area contributed by atoms with Crippen molar-refractivity contribution in [1.29, 1.82) is 0 Å². The first kappa shape index (κ1) is 9.38. The van der Waals surface area contributed by atoms with Crippen LogP contribution in [0, 0.1) is 17.3 Å². The molecule has 1 N–H and O–H groups in total. The second-order valence-corrected chi connectivity index (χ2v) is 4.55. The number of rotatable bonds is 2. The van der Waals surface area contributed by atoms with Gasteiger partial charge in [-0.05, 0) is 18.8 Å². The number of halogens is 2. The van der Waals surface area contributed by atoms with Crippen molar-refractivity contribution in [2.45, 2.75) is 38.5 Å². The highest BCUT2D eigenvalue weighted by molar-refractivity contribution is 5.20. The van der Waals surface area contributed by atoms with Gasteiger partial charge in [-0.1, -0.05) is 19.8 Å². The molecule has 0 amide bonds. The number of aliphatic hydroxyl groups is 1. The summed E-state index contributed by atoms with van der Waals surface area (Å²) in [5.74, 6) is -3.17. The third kappa shape index (κ3) is 0.940. The topological polar surface area (TPSA) is 20.2 Å². The zero-order valence-corrected chi connectivity index (χ0v) is 7.89. The van der Waals surface area contributed by atoms with Gasteiger partial charge in [-0.3, -0.25) is 0 Å². The molecule has 3 unspecified atom stereocenters. The Morgan fingerprint density at radius 2 is 2.15 bits per heavy atom. The molecule has 0 saturated heterocycles. The predicted octanol–water partition coefficient (Wildman–Crippen LogP) is 2.44. The van der Waals surface area contributed by atoms with Gasteiger partial charge in [-0.25, -0.2) is 8.78 Å². The monoisotopic (exact) mass is 190 g/mol. The lowest BCUT2D eigenvalue weighted by atomic mass is 9.79. The Morgan fingerprint density at radius 1 is 1.46 bits per heavy atom. The lowest BCUT2D eigenvalue weighted by Gasteiger charge is -2.25. The molecule has 76 valence electrons. The van der Waals surface area contributed by atoms with Crippen molar-refractivity contribution in [2.24, 2.45) is 17.3 Å². The van der Waals surface area contributed by atoms with E-state index >= 15 is 0 Å². The molecule has 2 aliphatic carbocycles. The van der Waals surface area contributed by atoms with E-state index in [4.69, 9.17) is 5.11 Å². The maximum atomic E-state index is 13.5. The molecule has 0 spiro atoms. The van der Waals surface area contributed by atoms with E-state index in [9.17, 15) is 8.78 Å². The van der Waals surface area contributed by atoms with Crippen LogP contribution in [0.4, 0.5) is 8.78 Å². The van der Waals surface area contributed by atoms with Crippen LogP contribution < -0.4 is 0 Å². The van der Waals surface area contributed by atoms with Crippen molar-refractivity contribution < 1.29 is 13.9 Å². The van der Waals surface area contributed by atoms with Gasteiger partial charge in [-0.2, -0.15) is 0 Å². The maximum absolute atomic E-state index is 13.5. The summed E-state index contributed by atoms with van der Waals surface area (Å²) in [5.41, 5.74) is -0.833. The number of alkyl halides is 2. The summed E-state index contributed by atoms with van der Waals surface area (Å²) in [6.07, 6.45) is 3.08. The number of hydrogen-bond acceptors (Lipinski definition) is 1. The molecule has 0 bridgehead atoms. The van der Waals surface area contributed by atoms with E-state index in [2.05, 4.69) is 0 Å². The van der Waals surface area contributed by atoms with Gasteiger partial charge in [0.2, 0.25) is 0 Å². The Kier molecular flexibility index (Phi) is 1.92. The summed E-state index contributed by atoms with van der Waals surface area (Å²) < 4.78 is 27.0. The summed E-state index contributed by atoms with van der Waals surface area (Å²) in [7, 11) is 0. The van der Waals surface area contributed by atoms with Gasteiger partial charge in [0.05, 0.1) is 0 Å². The van der Waals surface area contributed by atoms with Crippen LogP contribution in [-0.4, -0.2) is 17.6 Å². The van der Waals surface area contributed by atoms with Crippen molar-refractivity contribution in [3.05, 3.63) is 0 Å². The second kappa shape index (κ2) is 2.66. The molecule has 0 radical (unpaired) electrons. The Balaban J connectivity index is 2.21. The molecule has 3 atom stereocenters. The lowest BCUT2D eigenvalue weighted by molar-refractivity contribution is 0.0216. The van der Waals surface area contributed by atoms with Gasteiger partial charge >= 0.3 is 0 Å². The standard InChI is InChI=1S/C10H16F2O/c1-7(6-13)9-5-3-2-4-8(9)10(9,11)12/h7-8,13H,2-6H2,1H3. The van der Waals surface area contributed by atoms with Gasteiger partial charge in [0.1, 0.15) is 0 Å². The van der Waals surface area contributed by atoms with Crippen molar-refractivity contribution in [1.82, 2.24) is 0 Å². The van der Waals surface area contributed by atoms with Crippen LogP contribution in [0.2, 0.25) is 0 Å². The van der Waals surface area contributed by atoms with E-state index in [-0.39, 0.29) is 12.5 Å². The lowest BCUT2D eigenvalue weighted by Crippen LogP contribution is -2.25. The molecule has 0 aliphatic heterocycles. The average Bonchev–Trinajstić information content (AvgIpc) is 2.65. The van der Waals surface area contributed by atoms with Crippen molar-refractivity contribution >= 4 is 0 Å². The van der Waals surface area contributed by atoms with Crippen molar-refractivity contribution in [2.75, 3.05) is 6.61 Å². The fraction of sp³-hybridized carbons (Fsp3) is 1.00. The Bertz CT molecular complexity index is 217. The molecule has 2 rings (SSSR count). The SMILES string of the molecule is CC(CO)C12CCCCC1C2(F)F. The molecule has 2 fully saturated rings. The zero-order valence-electron chi connectivity index (χ0n) is 7.89. The fourth-order valence-electron chi connectivity index (χ4n) is 3.18. The van der Waals surface area contributed by atoms with Crippen LogP contribution in [-0.2, 0) is 0 Å². The molecule has 13 heavy (non-hydrogen) atoms. The van der Waals surface area contributed by atoms with Crippen LogP contribution in [0.15, 0.2) is 0 Å². The van der Waals surface area contributed by atoms with Crippen molar-refractivity contribution in [3.8, 4) is 0 Å². The Hall–Kier alpha value is -0.180. The van der Waals surface area contributed by atoms with Crippen LogP contribution >= 0.6 is 0 Å². The van der Waals surface area contributed by atoms with Crippen LogP contribution in [0.3, 0.4) is 0 Å². The minimum absolute atomic E-state index is 0.105. The van der Waals surface area contributed by atoms with E-state index in [0.717, 1.165) is 12.8 Å². The fourth-order valence-corrected chi connectivity index (χ4v) is 3.18. The third-order valence-corrected chi connectivity index (χ3v) is 4.08. The molecule has 0 heterocycles. The normalized spacial score (nSPS) is 43.8. The van der Waals surface area contributed by atoms with E-state index in [1.807, 2.05) is 0 Å². The molecule has 0 aromatic heterocycles. The highest BCUT2D eigenvalue weighted by Gasteiger charge is 2.81. The van der Waals surface area contributed by atoms with Gasteiger partial charge in [0, 0.05) is 17.9 Å². The molecule has 2 aliphatic rings. The number of fused-ring (bicyclic) bond motifs is 1. The first-order valence-corrected chi connectivity index (χ1v) is 5.06. The van der Waals surface area contributed by atoms with Crippen molar-refractivity contribution in [3.63, 3.8) is 0 Å². The predicted molar refractivity (Wildman–Crippen MR) is 45.6 cm³/mol. The number of hydrogen-bond donors (Lipinski definition) is 1. The molecular weight excluding hydrogens is 174 g/mol. The molecule has 1 nitrogen and oxygen atoms in total. The average molecular weight is 190 g/mol. The quantitative estimate of drug-likeness (QED) is 0.709. The minimum atomic E-state index is -2.49. The molecule has 0 aromatic carbocycles. The highest BCUT2D eigenvalue weighted by Crippen LogP contribution is 2.75. The molecular formula is C10H16F2O. The van der Waals surface area contributed by atoms with E-state index < -0.39 is 17.3 Å². The maximum Gasteiger partial charge on any atom is 0.258 e. The summed E-state index contributed by atoms with van der Waals surface area (Å²) in [6, 6.07) is 0. The first-order chi connectivity index (χ1) is 6.07. The van der Waals surface area contributed by atoms with Gasteiger partial charge in [0.15, 0.2) is 0 Å². The Labute approximate surface area is 77.1 Å². The summed E-state index contributed by atoms with van der Waals surface area (Å²) in [6.45, 7) is 1.64. The van der Waals surface area contributed by atoms with E-state index in [1.165, 1.54) is 0 Å². The second-order valence-electron chi connectivity index (χ2n) is 4.55. The zero-order chi connectivity index (χ0) is 9.69. The smallest absolute Gasteiger partial charge is 0.258 e. The largest absolute Gasteiger partial charge is 0.396 e. The first-order valence-electron chi connectivity index (χ1n) is 5.06. The number of aliphatic hydroxyl groups excluding tert-OH is 1. The van der Waals surface area contributed by atoms with Crippen LogP contribution in [0.5, 0.6) is 0 Å². The highest BCUT2D eigenvalue weighted by atomic mass is 19.3. The van der Waals surface area contributed by atoms with Crippen LogP contribution in [0.25, 0.3) is 0 Å². The van der Waals surface area contributed by atoms with Gasteiger partial charge in [0.25, 0.3) is 5.92 Å². The summed E-state index contributed by atoms with van der Waals surface area (Å²) >= 11 is 0. The van der Waals surface area contributed by atoms with E-state index in [1.54, 1.807) is 6.92 Å². The molecule has 0 aromatic rings.